The molecule has 7 heteroatoms. The first-order chi connectivity index (χ1) is 15.2. The summed E-state index contributed by atoms with van der Waals surface area (Å²) in [5.74, 6) is -3.11. The summed E-state index contributed by atoms with van der Waals surface area (Å²) in [6.07, 6.45) is 9.04. The second kappa shape index (κ2) is 15.6. The Balaban J connectivity index is 2.15. The van der Waals surface area contributed by atoms with E-state index in [1.165, 1.54) is 44.1 Å². The molecular formula is C25H42NO6+. The van der Waals surface area contributed by atoms with E-state index in [0.29, 0.717) is 37.4 Å². The van der Waals surface area contributed by atoms with E-state index in [4.69, 9.17) is 19.7 Å². The van der Waals surface area contributed by atoms with Crippen molar-refractivity contribution >= 4 is 11.9 Å². The summed E-state index contributed by atoms with van der Waals surface area (Å²) in [6, 6.07) is 8.27. The predicted molar refractivity (Wildman–Crippen MR) is 125 cm³/mol. The van der Waals surface area contributed by atoms with Gasteiger partial charge < -0.3 is 24.2 Å². The second-order valence-corrected chi connectivity index (χ2v) is 9.02. The summed E-state index contributed by atoms with van der Waals surface area (Å²) < 4.78 is 11.9. The molecule has 0 amide bonds. The monoisotopic (exact) mass is 452 g/mol. The highest BCUT2D eigenvalue weighted by molar-refractivity contribution is 5.92. The van der Waals surface area contributed by atoms with Gasteiger partial charge in [0.2, 0.25) is 0 Å². The lowest BCUT2D eigenvalue weighted by molar-refractivity contribution is -0.891. The minimum Gasteiger partial charge on any atom is -0.491 e. The fourth-order valence-corrected chi connectivity index (χ4v) is 3.44. The van der Waals surface area contributed by atoms with Crippen LogP contribution >= 0.6 is 0 Å². The lowest BCUT2D eigenvalue weighted by Crippen LogP contribution is -2.44. The smallest absolute Gasteiger partial charge is 0.318 e. The average molecular weight is 453 g/mol. The minimum atomic E-state index is -1.36. The Kier molecular flexibility index (Phi) is 13.6. The van der Waals surface area contributed by atoms with Gasteiger partial charge in [-0.25, -0.2) is 0 Å². The molecule has 0 spiro atoms. The molecule has 2 N–H and O–H groups in total. The second-order valence-electron chi connectivity index (χ2n) is 9.02. The van der Waals surface area contributed by atoms with Crippen molar-refractivity contribution in [2.75, 3.05) is 47.0 Å². The van der Waals surface area contributed by atoms with Gasteiger partial charge in [-0.1, -0.05) is 51.2 Å². The number of aliphatic carboxylic acids is 2. The molecule has 0 bridgehead atoms. The van der Waals surface area contributed by atoms with Gasteiger partial charge in [0.05, 0.1) is 33.9 Å². The van der Waals surface area contributed by atoms with Crippen LogP contribution in [-0.2, 0) is 20.7 Å². The number of carboxylic acid groups (broad SMARTS) is 2. The van der Waals surface area contributed by atoms with Gasteiger partial charge in [0, 0.05) is 6.42 Å². The van der Waals surface area contributed by atoms with Gasteiger partial charge in [0.15, 0.2) is 5.92 Å². The molecule has 0 aromatic heterocycles. The lowest BCUT2D eigenvalue weighted by atomic mass is 10.0. The Morgan fingerprint density at radius 2 is 1.50 bits per heavy atom. The molecule has 0 heterocycles. The summed E-state index contributed by atoms with van der Waals surface area (Å²) in [5.41, 5.74) is 1.34. The molecular weight excluding hydrogens is 410 g/mol. The standard InChI is InChI=1S/C25H41NO6/c1-4-5-6-7-8-9-10-21-11-13-22(14-12-21)32-20-19-31-18-17-26(2,3)16-15-23(24(27)28)25(29)30/h11-14,23H,4-10,15-20H2,1-3H3,(H-,27,28,29,30)/p+1. The van der Waals surface area contributed by atoms with Crippen molar-refractivity contribution in [3.63, 3.8) is 0 Å². The van der Waals surface area contributed by atoms with Crippen LogP contribution in [0.5, 0.6) is 5.75 Å². The first-order valence-corrected chi connectivity index (χ1v) is 11.8. The number of likely N-dealkylation sites (N-methyl/N-ethyl adjacent to an activating group) is 1. The third kappa shape index (κ3) is 12.7. The number of ether oxygens (including phenoxy) is 2. The Morgan fingerprint density at radius 1 is 0.875 bits per heavy atom. The molecule has 1 aromatic rings. The molecule has 7 nitrogen and oxygen atoms in total. The molecule has 32 heavy (non-hydrogen) atoms. The van der Waals surface area contributed by atoms with Crippen molar-refractivity contribution in [3.05, 3.63) is 29.8 Å². The largest absolute Gasteiger partial charge is 0.491 e. The van der Waals surface area contributed by atoms with E-state index in [1.807, 2.05) is 26.2 Å². The number of aryl methyl sites for hydroxylation is 1. The van der Waals surface area contributed by atoms with Gasteiger partial charge in [0.25, 0.3) is 0 Å². The van der Waals surface area contributed by atoms with Crippen molar-refractivity contribution in [1.29, 1.82) is 0 Å². The average Bonchev–Trinajstić information content (AvgIpc) is 2.73. The van der Waals surface area contributed by atoms with Crippen molar-refractivity contribution in [2.45, 2.75) is 58.3 Å². The van der Waals surface area contributed by atoms with Crippen LogP contribution in [0.15, 0.2) is 24.3 Å². The van der Waals surface area contributed by atoms with E-state index < -0.39 is 17.9 Å². The zero-order valence-electron chi connectivity index (χ0n) is 20.1. The molecule has 0 unspecified atom stereocenters. The van der Waals surface area contributed by atoms with Gasteiger partial charge in [-0.15, -0.1) is 0 Å². The Morgan fingerprint density at radius 3 is 2.12 bits per heavy atom. The van der Waals surface area contributed by atoms with Crippen LogP contribution in [0, 0.1) is 5.92 Å². The van der Waals surface area contributed by atoms with Gasteiger partial charge in [-0.3, -0.25) is 9.59 Å². The molecule has 0 saturated carbocycles. The first-order valence-electron chi connectivity index (χ1n) is 11.8. The SMILES string of the molecule is CCCCCCCCc1ccc(OCCOCC[N+](C)(C)CCC(C(=O)O)C(=O)O)cc1. The molecule has 0 radical (unpaired) electrons. The normalized spacial score (nSPS) is 11.6. The molecule has 0 fully saturated rings. The summed E-state index contributed by atoms with van der Waals surface area (Å²) in [7, 11) is 3.88. The number of hydrogen-bond donors (Lipinski definition) is 2. The Bertz CT molecular complexity index is 645. The summed E-state index contributed by atoms with van der Waals surface area (Å²) in [5, 5.41) is 17.9. The van der Waals surface area contributed by atoms with E-state index in [-0.39, 0.29) is 6.42 Å². The highest BCUT2D eigenvalue weighted by Gasteiger charge is 2.28. The van der Waals surface area contributed by atoms with Crippen molar-refractivity contribution in [1.82, 2.24) is 0 Å². The summed E-state index contributed by atoms with van der Waals surface area (Å²) in [4.78, 5) is 22.0. The molecule has 0 saturated heterocycles. The minimum absolute atomic E-state index is 0.0929. The number of carboxylic acids is 2. The van der Waals surface area contributed by atoms with Crippen molar-refractivity contribution in [3.8, 4) is 5.75 Å². The van der Waals surface area contributed by atoms with Gasteiger partial charge in [-0.2, -0.15) is 0 Å². The highest BCUT2D eigenvalue weighted by Crippen LogP contribution is 2.15. The third-order valence-corrected chi connectivity index (χ3v) is 5.70. The number of benzene rings is 1. The fourth-order valence-electron chi connectivity index (χ4n) is 3.44. The number of quaternary nitrogens is 1. The molecule has 0 aliphatic carbocycles. The summed E-state index contributed by atoms with van der Waals surface area (Å²) in [6.45, 7) is 4.78. The lowest BCUT2D eigenvalue weighted by Gasteiger charge is -2.30. The molecule has 0 aliphatic heterocycles. The third-order valence-electron chi connectivity index (χ3n) is 5.70. The van der Waals surface area contributed by atoms with Crippen LogP contribution in [-0.4, -0.2) is 73.6 Å². The van der Waals surface area contributed by atoms with Crippen LogP contribution in [0.4, 0.5) is 0 Å². The molecule has 0 atom stereocenters. The molecule has 1 rings (SSSR count). The summed E-state index contributed by atoms with van der Waals surface area (Å²) >= 11 is 0. The van der Waals surface area contributed by atoms with Crippen molar-refractivity contribution in [2.24, 2.45) is 5.92 Å². The molecule has 0 aliphatic rings. The van der Waals surface area contributed by atoms with Crippen LogP contribution < -0.4 is 4.74 Å². The molecule has 182 valence electrons. The van der Waals surface area contributed by atoms with E-state index in [2.05, 4.69) is 19.1 Å². The maximum absolute atomic E-state index is 11.0. The van der Waals surface area contributed by atoms with E-state index in [1.54, 1.807) is 0 Å². The predicted octanol–water partition coefficient (Wildman–Crippen LogP) is 4.24. The van der Waals surface area contributed by atoms with Crippen LogP contribution in [0.1, 0.15) is 57.4 Å². The van der Waals surface area contributed by atoms with Gasteiger partial charge >= 0.3 is 11.9 Å². The number of rotatable bonds is 19. The number of unbranched alkanes of at least 4 members (excludes halogenated alkanes) is 5. The van der Waals surface area contributed by atoms with E-state index >= 15 is 0 Å². The topological polar surface area (TPSA) is 93.1 Å². The van der Waals surface area contributed by atoms with E-state index in [9.17, 15) is 9.59 Å². The Labute approximate surface area is 192 Å². The highest BCUT2D eigenvalue weighted by atomic mass is 16.5. The first kappa shape index (κ1) is 27.9. The van der Waals surface area contributed by atoms with Crippen molar-refractivity contribution < 1.29 is 33.8 Å². The van der Waals surface area contributed by atoms with Crippen LogP contribution in [0.25, 0.3) is 0 Å². The van der Waals surface area contributed by atoms with Crippen LogP contribution in [0.2, 0.25) is 0 Å². The zero-order chi connectivity index (χ0) is 23.8. The quantitative estimate of drug-likeness (QED) is 0.185. The number of carbonyl (C=O) groups is 2. The maximum atomic E-state index is 11.0. The molecule has 1 aromatic carbocycles. The maximum Gasteiger partial charge on any atom is 0.318 e. The number of nitrogens with zero attached hydrogens (tertiary/aromatic N) is 1. The Hall–Kier alpha value is -2.12. The van der Waals surface area contributed by atoms with Gasteiger partial charge in [0.1, 0.15) is 18.9 Å². The van der Waals surface area contributed by atoms with E-state index in [0.717, 1.165) is 12.2 Å². The van der Waals surface area contributed by atoms with Crippen LogP contribution in [0.3, 0.4) is 0 Å². The zero-order valence-corrected chi connectivity index (χ0v) is 20.1. The van der Waals surface area contributed by atoms with Gasteiger partial charge in [-0.05, 0) is 30.5 Å². The number of hydrogen-bond acceptors (Lipinski definition) is 4. The fraction of sp³-hybridized carbons (Fsp3) is 0.680.